The molecular formula is C13H19NO3. The van der Waals surface area contributed by atoms with Crippen LogP contribution >= 0.6 is 0 Å². The van der Waals surface area contributed by atoms with E-state index in [0.717, 1.165) is 11.5 Å². The Morgan fingerprint density at radius 1 is 1.29 bits per heavy atom. The third kappa shape index (κ3) is 2.37. The Balaban J connectivity index is 2.31. The summed E-state index contributed by atoms with van der Waals surface area (Å²) in [5.74, 6) is 1.62. The van der Waals surface area contributed by atoms with Crippen LogP contribution in [0.4, 0.5) is 0 Å². The molecule has 2 rings (SSSR count). The first-order valence-electron chi connectivity index (χ1n) is 5.77. The molecule has 4 nitrogen and oxygen atoms in total. The molecule has 1 aromatic rings. The number of aryl methyl sites for hydroxylation is 1. The van der Waals surface area contributed by atoms with Crippen molar-refractivity contribution in [1.29, 1.82) is 0 Å². The fourth-order valence-corrected chi connectivity index (χ4v) is 2.24. The molecule has 0 saturated carbocycles. The Bertz CT molecular complexity index is 415. The molecular weight excluding hydrogens is 218 g/mol. The smallest absolute Gasteiger partial charge is 0.231 e. The Labute approximate surface area is 102 Å². The summed E-state index contributed by atoms with van der Waals surface area (Å²) in [6.07, 6.45) is 0. The van der Waals surface area contributed by atoms with Gasteiger partial charge in [-0.05, 0) is 30.2 Å². The lowest BCUT2D eigenvalue weighted by molar-refractivity contribution is 0.174. The van der Waals surface area contributed by atoms with Crippen molar-refractivity contribution in [2.45, 2.75) is 26.2 Å². The van der Waals surface area contributed by atoms with E-state index >= 15 is 0 Å². The molecule has 1 aromatic carbocycles. The number of benzene rings is 1. The zero-order valence-electron chi connectivity index (χ0n) is 10.5. The molecule has 0 bridgehead atoms. The number of rotatable bonds is 4. The third-order valence-corrected chi connectivity index (χ3v) is 3.13. The van der Waals surface area contributed by atoms with Crippen LogP contribution in [0.2, 0.25) is 0 Å². The van der Waals surface area contributed by atoms with Gasteiger partial charge >= 0.3 is 0 Å². The van der Waals surface area contributed by atoms with Crippen molar-refractivity contribution in [3.05, 3.63) is 23.3 Å². The monoisotopic (exact) mass is 237 g/mol. The largest absolute Gasteiger partial charge is 0.454 e. The van der Waals surface area contributed by atoms with Crippen molar-refractivity contribution in [3.8, 4) is 11.5 Å². The maximum atomic E-state index is 8.84. The van der Waals surface area contributed by atoms with Gasteiger partial charge in [0.1, 0.15) is 0 Å². The molecule has 1 aliphatic rings. The lowest BCUT2D eigenvalue weighted by Gasteiger charge is -2.27. The molecule has 17 heavy (non-hydrogen) atoms. The molecule has 0 saturated heterocycles. The highest BCUT2D eigenvalue weighted by Crippen LogP contribution is 2.38. The average Bonchev–Trinajstić information content (AvgIpc) is 2.72. The molecule has 0 aliphatic carbocycles. The van der Waals surface area contributed by atoms with Gasteiger partial charge in [0.2, 0.25) is 6.79 Å². The first-order chi connectivity index (χ1) is 8.04. The van der Waals surface area contributed by atoms with Crippen LogP contribution in [0.5, 0.6) is 11.5 Å². The number of hydrogen-bond donors (Lipinski definition) is 2. The minimum Gasteiger partial charge on any atom is -0.454 e. The summed E-state index contributed by atoms with van der Waals surface area (Å²) in [5.41, 5.74) is 2.33. The first-order valence-corrected chi connectivity index (χ1v) is 5.77. The van der Waals surface area contributed by atoms with Crippen LogP contribution in [-0.4, -0.2) is 25.2 Å². The number of hydrogen-bond acceptors (Lipinski definition) is 4. The van der Waals surface area contributed by atoms with Gasteiger partial charge in [0.15, 0.2) is 11.5 Å². The molecule has 94 valence electrons. The SMILES string of the molecule is Cc1cc2c(cc1C(C)(C)CNCO)OCO2. The lowest BCUT2D eigenvalue weighted by atomic mass is 9.81. The second-order valence-corrected chi connectivity index (χ2v) is 4.99. The molecule has 1 aliphatic heterocycles. The predicted molar refractivity (Wildman–Crippen MR) is 65.4 cm³/mol. The Kier molecular flexibility index (Phi) is 3.26. The van der Waals surface area contributed by atoms with Gasteiger partial charge in [-0.25, -0.2) is 0 Å². The van der Waals surface area contributed by atoms with Crippen molar-refractivity contribution in [2.75, 3.05) is 20.1 Å². The quantitative estimate of drug-likeness (QED) is 0.780. The highest BCUT2D eigenvalue weighted by atomic mass is 16.7. The molecule has 4 heteroatoms. The highest BCUT2D eigenvalue weighted by molar-refractivity contribution is 5.50. The maximum Gasteiger partial charge on any atom is 0.231 e. The van der Waals surface area contributed by atoms with Gasteiger partial charge in [0, 0.05) is 12.0 Å². The van der Waals surface area contributed by atoms with Crippen LogP contribution in [0, 0.1) is 6.92 Å². The van der Waals surface area contributed by atoms with Crippen LogP contribution in [0.3, 0.4) is 0 Å². The number of fused-ring (bicyclic) bond motifs is 1. The standard InChI is InChI=1S/C13H19NO3/c1-9-4-11-12(17-8-16-11)5-10(9)13(2,3)6-14-7-15/h4-5,14-15H,6-8H2,1-3H3. The van der Waals surface area contributed by atoms with E-state index in [-0.39, 0.29) is 12.1 Å². The molecule has 0 amide bonds. The average molecular weight is 237 g/mol. The van der Waals surface area contributed by atoms with Crippen LogP contribution in [-0.2, 0) is 5.41 Å². The summed E-state index contributed by atoms with van der Waals surface area (Å²) in [6.45, 7) is 7.35. The second-order valence-electron chi connectivity index (χ2n) is 4.99. The van der Waals surface area contributed by atoms with E-state index in [9.17, 15) is 0 Å². The summed E-state index contributed by atoms with van der Waals surface area (Å²) in [4.78, 5) is 0. The Morgan fingerprint density at radius 3 is 2.59 bits per heavy atom. The zero-order valence-corrected chi connectivity index (χ0v) is 10.5. The fraction of sp³-hybridized carbons (Fsp3) is 0.538. The van der Waals surface area contributed by atoms with E-state index in [1.165, 1.54) is 11.1 Å². The zero-order chi connectivity index (χ0) is 12.5. The van der Waals surface area contributed by atoms with Gasteiger partial charge in [-0.3, -0.25) is 5.32 Å². The first kappa shape index (κ1) is 12.2. The van der Waals surface area contributed by atoms with Gasteiger partial charge < -0.3 is 14.6 Å². The summed E-state index contributed by atoms with van der Waals surface area (Å²) >= 11 is 0. The number of nitrogens with one attached hydrogen (secondary N) is 1. The van der Waals surface area contributed by atoms with E-state index < -0.39 is 0 Å². The number of ether oxygens (including phenoxy) is 2. The molecule has 0 unspecified atom stereocenters. The van der Waals surface area contributed by atoms with E-state index in [0.29, 0.717) is 13.3 Å². The molecule has 1 heterocycles. The summed E-state index contributed by atoms with van der Waals surface area (Å²) in [5, 5.41) is 11.8. The van der Waals surface area contributed by atoms with Crippen LogP contribution in [0.15, 0.2) is 12.1 Å². The van der Waals surface area contributed by atoms with E-state index in [1.54, 1.807) is 0 Å². The minimum absolute atomic E-state index is 0.00692. The van der Waals surface area contributed by atoms with Crippen molar-refractivity contribution in [2.24, 2.45) is 0 Å². The summed E-state index contributed by atoms with van der Waals surface area (Å²) in [7, 11) is 0. The van der Waals surface area contributed by atoms with Crippen LogP contribution in [0.1, 0.15) is 25.0 Å². The third-order valence-electron chi connectivity index (χ3n) is 3.13. The molecule has 2 N–H and O–H groups in total. The number of aliphatic hydroxyl groups is 1. The molecule has 0 fully saturated rings. The Hall–Kier alpha value is -1.26. The normalized spacial score (nSPS) is 14.1. The topological polar surface area (TPSA) is 50.7 Å². The van der Waals surface area contributed by atoms with Crippen LogP contribution in [0.25, 0.3) is 0 Å². The van der Waals surface area contributed by atoms with E-state index in [1.807, 2.05) is 12.1 Å². The predicted octanol–water partition coefficient (Wildman–Crippen LogP) is 1.54. The Morgan fingerprint density at radius 2 is 1.94 bits per heavy atom. The summed E-state index contributed by atoms with van der Waals surface area (Å²) in [6, 6.07) is 4.05. The van der Waals surface area contributed by atoms with Crippen molar-refractivity contribution in [3.63, 3.8) is 0 Å². The van der Waals surface area contributed by atoms with E-state index in [4.69, 9.17) is 14.6 Å². The lowest BCUT2D eigenvalue weighted by Crippen LogP contribution is -2.34. The number of aliphatic hydroxyl groups excluding tert-OH is 1. The van der Waals surface area contributed by atoms with Gasteiger partial charge in [-0.15, -0.1) is 0 Å². The second kappa shape index (κ2) is 4.55. The van der Waals surface area contributed by atoms with Gasteiger partial charge in [-0.2, -0.15) is 0 Å². The molecule has 0 aromatic heterocycles. The van der Waals surface area contributed by atoms with Crippen molar-refractivity contribution in [1.82, 2.24) is 5.32 Å². The molecule has 0 radical (unpaired) electrons. The van der Waals surface area contributed by atoms with Crippen LogP contribution < -0.4 is 14.8 Å². The van der Waals surface area contributed by atoms with Gasteiger partial charge in [0.05, 0.1) is 6.73 Å². The van der Waals surface area contributed by atoms with Gasteiger partial charge in [-0.1, -0.05) is 13.8 Å². The fourth-order valence-electron chi connectivity index (χ4n) is 2.24. The van der Waals surface area contributed by atoms with Gasteiger partial charge in [0.25, 0.3) is 0 Å². The summed E-state index contributed by atoms with van der Waals surface area (Å²) < 4.78 is 10.8. The highest BCUT2D eigenvalue weighted by Gasteiger charge is 2.25. The van der Waals surface area contributed by atoms with E-state index in [2.05, 4.69) is 26.1 Å². The maximum absolute atomic E-state index is 8.84. The molecule has 0 spiro atoms. The minimum atomic E-state index is -0.0617. The molecule has 0 atom stereocenters. The van der Waals surface area contributed by atoms with Crippen molar-refractivity contribution < 1.29 is 14.6 Å². The van der Waals surface area contributed by atoms with Crippen molar-refractivity contribution >= 4 is 0 Å².